The number of ether oxygens (including phenoxy) is 1. The van der Waals surface area contributed by atoms with Gasteiger partial charge >= 0.3 is 0 Å². The van der Waals surface area contributed by atoms with Crippen LogP contribution in [0, 0.1) is 0 Å². The Kier molecular flexibility index (Phi) is 6.23. The summed E-state index contributed by atoms with van der Waals surface area (Å²) >= 11 is 0. The molecule has 3 aliphatic heterocycles. The Labute approximate surface area is 156 Å². The van der Waals surface area contributed by atoms with Crippen LogP contribution >= 0.6 is 0 Å². The van der Waals surface area contributed by atoms with E-state index in [2.05, 4.69) is 0 Å². The number of nitrogens with zero attached hydrogens (tertiary/aromatic N) is 2. The van der Waals surface area contributed by atoms with E-state index in [1.807, 2.05) is 16.7 Å². The molecule has 0 bridgehead atoms. The van der Waals surface area contributed by atoms with E-state index in [4.69, 9.17) is 4.74 Å². The van der Waals surface area contributed by atoms with Crippen LogP contribution in [-0.4, -0.2) is 70.7 Å². The summed E-state index contributed by atoms with van der Waals surface area (Å²) in [7, 11) is 0. The van der Waals surface area contributed by atoms with Gasteiger partial charge in [0.25, 0.3) is 0 Å². The monoisotopic (exact) mass is 366 g/mol. The Balaban J connectivity index is 1.43. The van der Waals surface area contributed by atoms with Crippen LogP contribution < -0.4 is 0 Å². The predicted octanol–water partition coefficient (Wildman–Crippen LogP) is 2.09. The highest BCUT2D eigenvalue weighted by atomic mass is 16.5. The molecule has 0 radical (unpaired) electrons. The highest BCUT2D eigenvalue weighted by molar-refractivity contribution is 5.84. The fourth-order valence-corrected chi connectivity index (χ4v) is 4.66. The van der Waals surface area contributed by atoms with Crippen molar-refractivity contribution < 1.29 is 19.4 Å². The molecule has 3 fully saturated rings. The van der Waals surface area contributed by atoms with Crippen molar-refractivity contribution >= 4 is 11.8 Å². The standard InChI is InChI=1S/C20H34N2O4/c1-19(25)10-15-26-20(16-19)8-13-22(14-9-20)18(24)7-6-17(23)21-11-4-2-3-5-12-21/h25H,2-16H2,1H3. The van der Waals surface area contributed by atoms with Gasteiger partial charge in [0.15, 0.2) is 0 Å². The van der Waals surface area contributed by atoms with Crippen LogP contribution in [0.25, 0.3) is 0 Å². The van der Waals surface area contributed by atoms with E-state index >= 15 is 0 Å². The average molecular weight is 367 g/mol. The number of carbonyl (C=O) groups excluding carboxylic acids is 2. The van der Waals surface area contributed by atoms with Crippen molar-refractivity contribution in [1.82, 2.24) is 9.80 Å². The Bertz CT molecular complexity index is 504. The quantitative estimate of drug-likeness (QED) is 0.830. The molecule has 3 rings (SSSR count). The predicted molar refractivity (Wildman–Crippen MR) is 98.6 cm³/mol. The van der Waals surface area contributed by atoms with Crippen LogP contribution in [-0.2, 0) is 14.3 Å². The van der Waals surface area contributed by atoms with Crippen LogP contribution in [0.4, 0.5) is 0 Å². The van der Waals surface area contributed by atoms with Gasteiger partial charge in [-0.25, -0.2) is 0 Å². The maximum absolute atomic E-state index is 12.5. The maximum atomic E-state index is 12.5. The lowest BCUT2D eigenvalue weighted by molar-refractivity contribution is -0.175. The molecule has 3 heterocycles. The summed E-state index contributed by atoms with van der Waals surface area (Å²) in [5.74, 6) is 0.200. The van der Waals surface area contributed by atoms with Crippen LogP contribution in [0.3, 0.4) is 0 Å². The van der Waals surface area contributed by atoms with Gasteiger partial charge in [-0.2, -0.15) is 0 Å². The van der Waals surface area contributed by atoms with Crippen molar-refractivity contribution in [3.05, 3.63) is 0 Å². The molecule has 148 valence electrons. The number of hydrogen-bond acceptors (Lipinski definition) is 4. The molecule has 2 amide bonds. The van der Waals surface area contributed by atoms with Gasteiger partial charge in [0.05, 0.1) is 17.8 Å². The van der Waals surface area contributed by atoms with E-state index < -0.39 is 5.60 Å². The van der Waals surface area contributed by atoms with Crippen LogP contribution in [0.2, 0.25) is 0 Å². The molecule has 1 spiro atoms. The third-order valence-corrected chi connectivity index (χ3v) is 6.29. The number of carbonyl (C=O) groups is 2. The lowest BCUT2D eigenvalue weighted by Crippen LogP contribution is -2.54. The van der Waals surface area contributed by atoms with Crippen molar-refractivity contribution in [3.63, 3.8) is 0 Å². The lowest BCUT2D eigenvalue weighted by Gasteiger charge is -2.48. The summed E-state index contributed by atoms with van der Waals surface area (Å²) in [6.07, 6.45) is 8.07. The molecule has 1 atom stereocenters. The Morgan fingerprint density at radius 3 is 1.96 bits per heavy atom. The normalized spacial score (nSPS) is 29.5. The van der Waals surface area contributed by atoms with E-state index in [9.17, 15) is 14.7 Å². The minimum absolute atomic E-state index is 0.0746. The zero-order valence-corrected chi connectivity index (χ0v) is 16.2. The molecule has 6 nitrogen and oxygen atoms in total. The fourth-order valence-electron chi connectivity index (χ4n) is 4.66. The largest absolute Gasteiger partial charge is 0.390 e. The third-order valence-electron chi connectivity index (χ3n) is 6.29. The SMILES string of the molecule is CC1(O)CCOC2(CCN(C(=O)CCC(=O)N3CCCCCC3)CC2)C1. The van der Waals surface area contributed by atoms with Gasteiger partial charge in [-0.3, -0.25) is 9.59 Å². The Morgan fingerprint density at radius 1 is 0.885 bits per heavy atom. The number of hydrogen-bond donors (Lipinski definition) is 1. The van der Waals surface area contributed by atoms with Crippen molar-refractivity contribution in [2.24, 2.45) is 0 Å². The molecule has 1 unspecified atom stereocenters. The second-order valence-electron chi connectivity index (χ2n) is 8.63. The highest BCUT2D eigenvalue weighted by Crippen LogP contribution is 2.39. The molecule has 3 aliphatic rings. The summed E-state index contributed by atoms with van der Waals surface area (Å²) in [6.45, 7) is 5.47. The first kappa shape index (κ1) is 19.6. The van der Waals surface area contributed by atoms with Crippen LogP contribution in [0.5, 0.6) is 0 Å². The average Bonchev–Trinajstić information content (AvgIpc) is 2.88. The molecule has 3 saturated heterocycles. The number of amides is 2. The van der Waals surface area contributed by atoms with Crippen molar-refractivity contribution in [1.29, 1.82) is 0 Å². The topological polar surface area (TPSA) is 70.1 Å². The molecule has 0 aliphatic carbocycles. The fraction of sp³-hybridized carbons (Fsp3) is 0.900. The number of aliphatic hydroxyl groups is 1. The molecular formula is C20H34N2O4. The first-order valence-corrected chi connectivity index (χ1v) is 10.3. The molecule has 0 aromatic rings. The minimum atomic E-state index is -0.663. The van der Waals surface area contributed by atoms with E-state index in [1.54, 1.807) is 0 Å². The van der Waals surface area contributed by atoms with E-state index in [1.165, 1.54) is 12.8 Å². The van der Waals surface area contributed by atoms with Gasteiger partial charge in [-0.05, 0) is 39.0 Å². The van der Waals surface area contributed by atoms with Gasteiger partial charge in [0.2, 0.25) is 11.8 Å². The van der Waals surface area contributed by atoms with Gasteiger partial charge in [-0.15, -0.1) is 0 Å². The zero-order valence-electron chi connectivity index (χ0n) is 16.2. The molecule has 26 heavy (non-hydrogen) atoms. The van der Waals surface area contributed by atoms with Gasteiger partial charge in [0.1, 0.15) is 0 Å². The summed E-state index contributed by atoms with van der Waals surface area (Å²) in [5.41, 5.74) is -0.940. The smallest absolute Gasteiger partial charge is 0.223 e. The van der Waals surface area contributed by atoms with Crippen LogP contribution in [0.1, 0.15) is 71.1 Å². The second kappa shape index (κ2) is 8.26. The second-order valence-corrected chi connectivity index (χ2v) is 8.63. The molecule has 1 N–H and O–H groups in total. The van der Waals surface area contributed by atoms with Crippen molar-refractivity contribution in [3.8, 4) is 0 Å². The third kappa shape index (κ3) is 4.97. The summed E-state index contributed by atoms with van der Waals surface area (Å²) in [6, 6.07) is 0. The number of piperidine rings is 1. The summed E-state index contributed by atoms with van der Waals surface area (Å²) < 4.78 is 6.00. The maximum Gasteiger partial charge on any atom is 0.223 e. The first-order chi connectivity index (χ1) is 12.4. The van der Waals surface area contributed by atoms with E-state index in [0.717, 1.165) is 38.8 Å². The first-order valence-electron chi connectivity index (χ1n) is 10.3. The lowest BCUT2D eigenvalue weighted by atomic mass is 9.78. The number of rotatable bonds is 3. The van der Waals surface area contributed by atoms with Gasteiger partial charge < -0.3 is 19.6 Å². The van der Waals surface area contributed by atoms with Crippen LogP contribution in [0.15, 0.2) is 0 Å². The zero-order chi connectivity index (χ0) is 18.6. The molecule has 0 aromatic heterocycles. The minimum Gasteiger partial charge on any atom is -0.390 e. The Hall–Kier alpha value is -1.14. The molecule has 6 heteroatoms. The van der Waals surface area contributed by atoms with Crippen molar-refractivity contribution in [2.75, 3.05) is 32.8 Å². The van der Waals surface area contributed by atoms with Crippen molar-refractivity contribution in [2.45, 2.75) is 82.3 Å². The van der Waals surface area contributed by atoms with Gasteiger partial charge in [0, 0.05) is 45.4 Å². The van der Waals surface area contributed by atoms with Gasteiger partial charge in [-0.1, -0.05) is 12.8 Å². The molecular weight excluding hydrogens is 332 g/mol. The van der Waals surface area contributed by atoms with E-state index in [0.29, 0.717) is 45.4 Å². The summed E-state index contributed by atoms with van der Waals surface area (Å²) in [4.78, 5) is 28.7. The molecule has 0 aromatic carbocycles. The van der Waals surface area contributed by atoms with E-state index in [-0.39, 0.29) is 17.4 Å². The highest BCUT2D eigenvalue weighted by Gasteiger charge is 2.44. The Morgan fingerprint density at radius 2 is 1.42 bits per heavy atom. The molecule has 0 saturated carbocycles. The summed E-state index contributed by atoms with van der Waals surface area (Å²) in [5, 5.41) is 10.4. The number of likely N-dealkylation sites (tertiary alicyclic amines) is 2.